The van der Waals surface area contributed by atoms with Gasteiger partial charge in [0.25, 0.3) is 5.69 Å². The molecule has 0 aliphatic carbocycles. The Kier molecular flexibility index (Phi) is 5.26. The third kappa shape index (κ3) is 4.27. The van der Waals surface area contributed by atoms with E-state index in [1.807, 2.05) is 0 Å². The van der Waals surface area contributed by atoms with Gasteiger partial charge in [0, 0.05) is 17.8 Å². The maximum atomic E-state index is 12.5. The molecule has 0 radical (unpaired) electrons. The van der Waals surface area contributed by atoms with Crippen molar-refractivity contribution in [2.24, 2.45) is 0 Å². The maximum absolute atomic E-state index is 12.5. The minimum atomic E-state index is -0.496. The van der Waals surface area contributed by atoms with Crippen molar-refractivity contribution >= 4 is 29.3 Å². The number of benzene rings is 2. The van der Waals surface area contributed by atoms with Crippen molar-refractivity contribution in [2.75, 3.05) is 6.79 Å². The number of aromatic nitrogens is 1. The highest BCUT2D eigenvalue weighted by Crippen LogP contribution is 2.35. The zero-order valence-electron chi connectivity index (χ0n) is 15.0. The third-order valence-corrected chi connectivity index (χ3v) is 5.13. The van der Waals surface area contributed by atoms with Crippen LogP contribution in [-0.2, 0) is 0 Å². The van der Waals surface area contributed by atoms with Gasteiger partial charge in [-0.1, -0.05) is 30.0 Å². The van der Waals surface area contributed by atoms with Gasteiger partial charge in [-0.25, -0.2) is 4.98 Å². The zero-order chi connectivity index (χ0) is 20.2. The Balaban J connectivity index is 1.55. The number of fused-ring (bicyclic) bond motifs is 1. The molecule has 0 spiro atoms. The van der Waals surface area contributed by atoms with Crippen LogP contribution in [0.3, 0.4) is 0 Å². The Bertz CT molecular complexity index is 1120. The molecule has 0 bridgehead atoms. The maximum Gasteiger partial charge on any atom is 0.284 e. The summed E-state index contributed by atoms with van der Waals surface area (Å²) in [6, 6.07) is 15.1. The number of carbonyl (C=O) groups is 1. The lowest BCUT2D eigenvalue weighted by Gasteiger charge is -2.04. The van der Waals surface area contributed by atoms with Crippen LogP contribution in [0.15, 0.2) is 76.8 Å². The highest BCUT2D eigenvalue weighted by molar-refractivity contribution is 7.99. The van der Waals surface area contributed by atoms with Gasteiger partial charge in [-0.05, 0) is 48.0 Å². The molecule has 29 heavy (non-hydrogen) atoms. The number of pyridine rings is 1. The van der Waals surface area contributed by atoms with Crippen molar-refractivity contribution < 1.29 is 19.2 Å². The number of allylic oxidation sites excluding steroid dienone is 1. The molecule has 4 rings (SSSR count). The fourth-order valence-electron chi connectivity index (χ4n) is 2.70. The van der Waals surface area contributed by atoms with E-state index >= 15 is 0 Å². The molecule has 0 N–H and O–H groups in total. The van der Waals surface area contributed by atoms with Crippen molar-refractivity contribution in [1.29, 1.82) is 0 Å². The van der Waals surface area contributed by atoms with E-state index in [1.54, 1.807) is 60.8 Å². The predicted molar refractivity (Wildman–Crippen MR) is 107 cm³/mol. The van der Waals surface area contributed by atoms with Gasteiger partial charge in [0.1, 0.15) is 5.03 Å². The van der Waals surface area contributed by atoms with Crippen LogP contribution < -0.4 is 9.47 Å². The molecular weight excluding hydrogens is 392 g/mol. The van der Waals surface area contributed by atoms with Crippen molar-refractivity contribution in [3.63, 3.8) is 0 Å². The van der Waals surface area contributed by atoms with Gasteiger partial charge in [0.15, 0.2) is 17.3 Å². The Morgan fingerprint density at radius 1 is 1.10 bits per heavy atom. The summed E-state index contributed by atoms with van der Waals surface area (Å²) in [6.07, 6.45) is 4.63. The van der Waals surface area contributed by atoms with Gasteiger partial charge in [-0.2, -0.15) is 0 Å². The zero-order valence-corrected chi connectivity index (χ0v) is 15.8. The summed E-state index contributed by atoms with van der Waals surface area (Å²) in [6.45, 7) is 0.175. The second-order valence-corrected chi connectivity index (χ2v) is 7.08. The Labute approximate surface area is 170 Å². The molecule has 1 aromatic heterocycles. The summed E-state index contributed by atoms with van der Waals surface area (Å²) in [5.74, 6) is 0.941. The number of carbonyl (C=O) groups excluding carboxylic acids is 1. The Hall–Kier alpha value is -3.65. The van der Waals surface area contributed by atoms with Crippen LogP contribution >= 0.6 is 11.8 Å². The SMILES string of the molecule is O=C(/C=C/c1ccc2c(c1)OCO2)c1ccc(Sc2ccccn2)c([N+](=O)[O-])c1. The average Bonchev–Trinajstić information content (AvgIpc) is 3.21. The largest absolute Gasteiger partial charge is 0.454 e. The van der Waals surface area contributed by atoms with Gasteiger partial charge < -0.3 is 9.47 Å². The summed E-state index contributed by atoms with van der Waals surface area (Å²) in [4.78, 5) is 28.1. The Morgan fingerprint density at radius 3 is 2.76 bits per heavy atom. The topological polar surface area (TPSA) is 91.6 Å². The quantitative estimate of drug-likeness (QED) is 0.252. The van der Waals surface area contributed by atoms with E-state index in [2.05, 4.69) is 4.98 Å². The van der Waals surface area contributed by atoms with Gasteiger partial charge >= 0.3 is 0 Å². The van der Waals surface area contributed by atoms with Gasteiger partial charge in [-0.3, -0.25) is 14.9 Å². The third-order valence-electron chi connectivity index (χ3n) is 4.12. The highest BCUT2D eigenvalue weighted by atomic mass is 32.2. The lowest BCUT2D eigenvalue weighted by Crippen LogP contribution is -1.98. The van der Waals surface area contributed by atoms with Crippen LogP contribution in [0.5, 0.6) is 11.5 Å². The van der Waals surface area contributed by atoms with Crippen LogP contribution in [-0.4, -0.2) is 22.5 Å². The van der Waals surface area contributed by atoms with Crippen LogP contribution in [0.4, 0.5) is 5.69 Å². The molecular formula is C21H14N2O5S. The number of ketones is 1. The molecule has 0 amide bonds. The summed E-state index contributed by atoms with van der Waals surface area (Å²) in [5.41, 5.74) is 0.862. The van der Waals surface area contributed by atoms with Crippen molar-refractivity contribution in [3.05, 3.63) is 88.1 Å². The lowest BCUT2D eigenvalue weighted by atomic mass is 10.1. The molecule has 7 nitrogen and oxygen atoms in total. The van der Waals surface area contributed by atoms with Crippen molar-refractivity contribution in [2.45, 2.75) is 9.92 Å². The van der Waals surface area contributed by atoms with Crippen LogP contribution in [0, 0.1) is 10.1 Å². The van der Waals surface area contributed by atoms with E-state index in [0.29, 0.717) is 21.4 Å². The molecule has 2 heterocycles. The van der Waals surface area contributed by atoms with E-state index in [-0.39, 0.29) is 23.8 Å². The summed E-state index contributed by atoms with van der Waals surface area (Å²) in [5, 5.41) is 12.1. The summed E-state index contributed by atoms with van der Waals surface area (Å²) in [7, 11) is 0. The highest BCUT2D eigenvalue weighted by Gasteiger charge is 2.18. The van der Waals surface area contributed by atoms with Crippen molar-refractivity contribution in [1.82, 2.24) is 4.98 Å². The molecule has 8 heteroatoms. The van der Waals surface area contributed by atoms with Crippen LogP contribution in [0.25, 0.3) is 6.08 Å². The molecule has 1 aliphatic heterocycles. The molecule has 0 fully saturated rings. The molecule has 0 atom stereocenters. The Morgan fingerprint density at radius 2 is 1.97 bits per heavy atom. The van der Waals surface area contributed by atoms with Crippen LogP contribution in [0.2, 0.25) is 0 Å². The van der Waals surface area contributed by atoms with E-state index in [4.69, 9.17) is 9.47 Å². The van der Waals surface area contributed by atoms with Gasteiger partial charge in [-0.15, -0.1) is 0 Å². The number of ether oxygens (including phenoxy) is 2. The second kappa shape index (κ2) is 8.15. The minimum Gasteiger partial charge on any atom is -0.454 e. The van der Waals surface area contributed by atoms with E-state index in [1.165, 1.54) is 23.9 Å². The fourth-order valence-corrected chi connectivity index (χ4v) is 3.56. The summed E-state index contributed by atoms with van der Waals surface area (Å²) >= 11 is 1.18. The monoisotopic (exact) mass is 406 g/mol. The molecule has 144 valence electrons. The van der Waals surface area contributed by atoms with Gasteiger partial charge in [0.05, 0.1) is 9.82 Å². The number of nitrogens with zero attached hydrogens (tertiary/aromatic N) is 2. The van der Waals surface area contributed by atoms with Crippen molar-refractivity contribution in [3.8, 4) is 11.5 Å². The molecule has 0 unspecified atom stereocenters. The minimum absolute atomic E-state index is 0.136. The van der Waals surface area contributed by atoms with Gasteiger partial charge in [0.2, 0.25) is 6.79 Å². The first-order valence-corrected chi connectivity index (χ1v) is 9.41. The smallest absolute Gasteiger partial charge is 0.284 e. The van der Waals surface area contributed by atoms with E-state index < -0.39 is 4.92 Å². The molecule has 0 saturated heterocycles. The standard InChI is InChI=1S/C21H14N2O5S/c24-17(7-4-14-5-8-18-19(11-14)28-13-27-18)15-6-9-20(16(12-15)23(25)26)29-21-3-1-2-10-22-21/h1-12H,13H2/b7-4+. The first-order chi connectivity index (χ1) is 14.1. The number of nitro groups is 1. The molecule has 3 aromatic rings. The average molecular weight is 406 g/mol. The predicted octanol–water partition coefficient (Wildman–Crippen LogP) is 4.77. The molecule has 0 saturated carbocycles. The number of hydrogen-bond acceptors (Lipinski definition) is 7. The van der Waals surface area contributed by atoms with Crippen LogP contribution in [0.1, 0.15) is 15.9 Å². The van der Waals surface area contributed by atoms with E-state index in [9.17, 15) is 14.9 Å². The van der Waals surface area contributed by atoms with E-state index in [0.717, 1.165) is 5.56 Å². The number of rotatable bonds is 6. The molecule has 1 aliphatic rings. The fraction of sp³-hybridized carbons (Fsp3) is 0.0476. The first-order valence-electron chi connectivity index (χ1n) is 8.59. The second-order valence-electron chi connectivity index (χ2n) is 6.02. The first kappa shape index (κ1) is 18.7. The molecule has 2 aromatic carbocycles. The summed E-state index contributed by atoms with van der Waals surface area (Å²) < 4.78 is 10.6. The normalized spacial score (nSPS) is 12.3. The number of hydrogen-bond donors (Lipinski definition) is 0. The number of nitro benzene ring substituents is 1. The lowest BCUT2D eigenvalue weighted by molar-refractivity contribution is -0.387.